The number of aromatic nitrogens is 2. The van der Waals surface area contributed by atoms with Crippen molar-refractivity contribution in [2.45, 2.75) is 33.7 Å². The van der Waals surface area contributed by atoms with E-state index in [2.05, 4.69) is 4.98 Å². The lowest BCUT2D eigenvalue weighted by atomic mass is 10.2. The van der Waals surface area contributed by atoms with E-state index < -0.39 is 6.29 Å². The fourth-order valence-corrected chi connectivity index (χ4v) is 1.74. The molecule has 0 saturated heterocycles. The zero-order chi connectivity index (χ0) is 14.5. The van der Waals surface area contributed by atoms with E-state index in [0.717, 1.165) is 16.0 Å². The summed E-state index contributed by atoms with van der Waals surface area (Å²) in [6.07, 6.45) is 2.74. The normalized spacial score (nSPS) is 12.2. The molecule has 106 valence electrons. The van der Waals surface area contributed by atoms with E-state index in [1.54, 1.807) is 19.2 Å². The smallest absolute Gasteiger partial charge is 0.197 e. The van der Waals surface area contributed by atoms with Gasteiger partial charge in [0.15, 0.2) is 18.2 Å². The standard InChI is InChI=1S/C15H18N2O3/c1-11-12(2)17(18)9-7-15(11)20-13(3)19-10-14-6-4-5-8-16-14/h4-9,13H,10H2,1-3H3. The van der Waals surface area contributed by atoms with E-state index in [9.17, 15) is 5.21 Å². The van der Waals surface area contributed by atoms with Crippen LogP contribution in [-0.2, 0) is 11.3 Å². The molecule has 5 nitrogen and oxygen atoms in total. The minimum absolute atomic E-state index is 0.383. The van der Waals surface area contributed by atoms with Gasteiger partial charge in [-0.2, -0.15) is 4.73 Å². The van der Waals surface area contributed by atoms with Gasteiger partial charge in [0.05, 0.1) is 17.9 Å². The number of pyridine rings is 2. The predicted molar refractivity (Wildman–Crippen MR) is 74.0 cm³/mol. The van der Waals surface area contributed by atoms with E-state index in [0.29, 0.717) is 18.1 Å². The molecule has 0 radical (unpaired) electrons. The molecule has 0 aliphatic heterocycles. The van der Waals surface area contributed by atoms with Gasteiger partial charge < -0.3 is 14.7 Å². The monoisotopic (exact) mass is 274 g/mol. The van der Waals surface area contributed by atoms with Crippen LogP contribution in [0.3, 0.4) is 0 Å². The first-order valence-corrected chi connectivity index (χ1v) is 6.45. The highest BCUT2D eigenvalue weighted by Crippen LogP contribution is 2.19. The lowest BCUT2D eigenvalue weighted by Gasteiger charge is -2.17. The van der Waals surface area contributed by atoms with Crippen LogP contribution in [0, 0.1) is 19.1 Å². The predicted octanol–water partition coefficient (Wildman–Crippen LogP) is 2.27. The summed E-state index contributed by atoms with van der Waals surface area (Å²) in [5.74, 6) is 0.656. The lowest BCUT2D eigenvalue weighted by molar-refractivity contribution is -0.612. The molecule has 0 amide bonds. The second-order valence-electron chi connectivity index (χ2n) is 4.53. The van der Waals surface area contributed by atoms with Crippen molar-refractivity contribution < 1.29 is 14.2 Å². The molecule has 0 N–H and O–H groups in total. The van der Waals surface area contributed by atoms with Crippen molar-refractivity contribution in [3.63, 3.8) is 0 Å². The highest BCUT2D eigenvalue weighted by molar-refractivity contribution is 5.31. The van der Waals surface area contributed by atoms with Gasteiger partial charge in [0.25, 0.3) is 0 Å². The fourth-order valence-electron chi connectivity index (χ4n) is 1.74. The molecular formula is C15H18N2O3. The molecule has 2 aromatic rings. The summed E-state index contributed by atoms with van der Waals surface area (Å²) in [5.41, 5.74) is 2.29. The van der Waals surface area contributed by atoms with Crippen molar-refractivity contribution >= 4 is 0 Å². The Hall–Kier alpha value is -2.14. The molecule has 0 bridgehead atoms. The molecule has 20 heavy (non-hydrogen) atoms. The third-order valence-corrected chi connectivity index (χ3v) is 3.09. The summed E-state index contributed by atoms with van der Waals surface area (Å²) in [4.78, 5) is 4.18. The van der Waals surface area contributed by atoms with Crippen LogP contribution in [0.25, 0.3) is 0 Å². The van der Waals surface area contributed by atoms with Crippen molar-refractivity contribution in [1.29, 1.82) is 0 Å². The SMILES string of the molecule is Cc1c(OC(C)OCc2ccccn2)cc[n+]([O-])c1C. The van der Waals surface area contributed by atoms with Crippen molar-refractivity contribution in [2.24, 2.45) is 0 Å². The average Bonchev–Trinajstić information content (AvgIpc) is 2.47. The number of nitrogens with zero attached hydrogens (tertiary/aromatic N) is 2. The van der Waals surface area contributed by atoms with E-state index in [4.69, 9.17) is 9.47 Å². The summed E-state index contributed by atoms with van der Waals surface area (Å²) in [6.45, 7) is 5.81. The van der Waals surface area contributed by atoms with E-state index >= 15 is 0 Å². The number of ether oxygens (including phenoxy) is 2. The van der Waals surface area contributed by atoms with Gasteiger partial charge in [0.2, 0.25) is 0 Å². The largest absolute Gasteiger partial charge is 0.618 e. The molecule has 2 heterocycles. The topological polar surface area (TPSA) is 58.3 Å². The molecule has 2 rings (SSSR count). The van der Waals surface area contributed by atoms with Gasteiger partial charge in [-0.3, -0.25) is 4.98 Å². The number of hydrogen-bond acceptors (Lipinski definition) is 4. The Balaban J connectivity index is 1.95. The van der Waals surface area contributed by atoms with Crippen molar-refractivity contribution in [1.82, 2.24) is 4.98 Å². The molecule has 0 saturated carbocycles. The summed E-state index contributed by atoms with van der Waals surface area (Å²) >= 11 is 0. The lowest BCUT2D eigenvalue weighted by Crippen LogP contribution is -2.30. The van der Waals surface area contributed by atoms with Crippen LogP contribution in [0.5, 0.6) is 5.75 Å². The molecule has 0 aliphatic rings. The first kappa shape index (κ1) is 14.3. The van der Waals surface area contributed by atoms with E-state index in [1.165, 1.54) is 6.20 Å². The zero-order valence-corrected chi connectivity index (χ0v) is 11.9. The van der Waals surface area contributed by atoms with Crippen molar-refractivity contribution in [2.75, 3.05) is 0 Å². The second-order valence-corrected chi connectivity index (χ2v) is 4.53. The third-order valence-electron chi connectivity index (χ3n) is 3.09. The Kier molecular flexibility index (Phi) is 4.53. The van der Waals surface area contributed by atoms with E-state index in [1.807, 2.05) is 32.0 Å². The minimum atomic E-state index is -0.419. The zero-order valence-electron chi connectivity index (χ0n) is 11.9. The first-order chi connectivity index (χ1) is 9.58. The van der Waals surface area contributed by atoms with Gasteiger partial charge in [0, 0.05) is 19.2 Å². The van der Waals surface area contributed by atoms with Gasteiger partial charge in [-0.1, -0.05) is 6.07 Å². The first-order valence-electron chi connectivity index (χ1n) is 6.45. The molecule has 0 fully saturated rings. The van der Waals surface area contributed by atoms with Gasteiger partial charge in [-0.15, -0.1) is 0 Å². The maximum absolute atomic E-state index is 11.4. The summed E-state index contributed by atoms with van der Waals surface area (Å²) < 4.78 is 12.1. The summed E-state index contributed by atoms with van der Waals surface area (Å²) in [7, 11) is 0. The van der Waals surface area contributed by atoms with Crippen LogP contribution in [0.4, 0.5) is 0 Å². The van der Waals surface area contributed by atoms with Crippen molar-refractivity contribution in [3.05, 3.63) is 58.8 Å². The number of hydrogen-bond donors (Lipinski definition) is 0. The Morgan fingerprint density at radius 2 is 2.10 bits per heavy atom. The molecule has 1 unspecified atom stereocenters. The van der Waals surface area contributed by atoms with Crippen LogP contribution in [-0.4, -0.2) is 11.3 Å². The molecule has 0 spiro atoms. The molecule has 1 atom stereocenters. The number of rotatable bonds is 5. The average molecular weight is 274 g/mol. The fraction of sp³-hybridized carbons (Fsp3) is 0.333. The maximum atomic E-state index is 11.4. The summed E-state index contributed by atoms with van der Waals surface area (Å²) in [5, 5.41) is 11.4. The van der Waals surface area contributed by atoms with Gasteiger partial charge in [-0.25, -0.2) is 0 Å². The summed E-state index contributed by atoms with van der Waals surface area (Å²) in [6, 6.07) is 7.31. The van der Waals surface area contributed by atoms with Gasteiger partial charge in [0.1, 0.15) is 5.75 Å². The molecular weight excluding hydrogens is 256 g/mol. The van der Waals surface area contributed by atoms with Crippen molar-refractivity contribution in [3.8, 4) is 5.75 Å². The van der Waals surface area contributed by atoms with Crippen LogP contribution in [0.15, 0.2) is 36.7 Å². The van der Waals surface area contributed by atoms with Crippen LogP contribution in [0.2, 0.25) is 0 Å². The van der Waals surface area contributed by atoms with Gasteiger partial charge >= 0.3 is 0 Å². The molecule has 5 heteroatoms. The Morgan fingerprint density at radius 3 is 2.80 bits per heavy atom. The third kappa shape index (κ3) is 3.45. The van der Waals surface area contributed by atoms with Crippen LogP contribution < -0.4 is 9.47 Å². The quantitative estimate of drug-likeness (QED) is 0.477. The Morgan fingerprint density at radius 1 is 1.30 bits per heavy atom. The van der Waals surface area contributed by atoms with Crippen LogP contribution in [0.1, 0.15) is 23.9 Å². The maximum Gasteiger partial charge on any atom is 0.197 e. The molecule has 2 aromatic heterocycles. The Bertz CT molecular complexity index is 573. The second kappa shape index (κ2) is 6.34. The highest BCUT2D eigenvalue weighted by Gasteiger charge is 2.13. The molecule has 0 aliphatic carbocycles. The Labute approximate surface area is 118 Å². The molecule has 0 aromatic carbocycles. The van der Waals surface area contributed by atoms with Gasteiger partial charge in [-0.05, 0) is 26.0 Å². The highest BCUT2D eigenvalue weighted by atomic mass is 16.7. The van der Waals surface area contributed by atoms with E-state index in [-0.39, 0.29) is 0 Å². The van der Waals surface area contributed by atoms with Crippen LogP contribution >= 0.6 is 0 Å². The minimum Gasteiger partial charge on any atom is -0.618 e.